The van der Waals surface area contributed by atoms with Gasteiger partial charge >= 0.3 is 0 Å². The van der Waals surface area contributed by atoms with Gasteiger partial charge in [-0.2, -0.15) is 0 Å². The van der Waals surface area contributed by atoms with E-state index in [9.17, 15) is 14.0 Å². The van der Waals surface area contributed by atoms with Gasteiger partial charge in [-0.1, -0.05) is 43.6 Å². The number of hydrogen-bond donors (Lipinski definition) is 1. The average Bonchev–Trinajstić information content (AvgIpc) is 2.88. The minimum Gasteiger partial charge on any atom is -0.324 e. The molecule has 2 aromatic carbocycles. The quantitative estimate of drug-likeness (QED) is 0.892. The van der Waals surface area contributed by atoms with Crippen LogP contribution in [0.25, 0.3) is 0 Å². The first-order chi connectivity index (χ1) is 11.9. The zero-order chi connectivity index (χ0) is 18.1. The van der Waals surface area contributed by atoms with Crippen molar-refractivity contribution in [3.05, 3.63) is 64.4 Å². The molecule has 1 N–H and O–H groups in total. The molecule has 2 aromatic rings. The predicted molar refractivity (Wildman–Crippen MR) is 95.0 cm³/mol. The van der Waals surface area contributed by atoms with Gasteiger partial charge in [-0.3, -0.25) is 9.59 Å². The Bertz CT molecular complexity index is 838. The van der Waals surface area contributed by atoms with Crippen molar-refractivity contribution in [3.63, 3.8) is 0 Å². The number of carbonyl (C=O) groups is 2. The average molecular weight is 361 g/mol. The van der Waals surface area contributed by atoms with Crippen LogP contribution in [0.5, 0.6) is 0 Å². The van der Waals surface area contributed by atoms with E-state index >= 15 is 0 Å². The largest absolute Gasteiger partial charge is 0.324 e. The van der Waals surface area contributed by atoms with Crippen LogP contribution < -0.4 is 5.32 Å². The number of amides is 2. The Labute approximate surface area is 150 Å². The van der Waals surface area contributed by atoms with Gasteiger partial charge in [0, 0.05) is 17.8 Å². The lowest BCUT2D eigenvalue weighted by Gasteiger charge is -2.30. The third kappa shape index (κ3) is 3.37. The molecule has 0 saturated carbocycles. The highest BCUT2D eigenvalue weighted by Gasteiger charge is 2.37. The Balaban J connectivity index is 1.83. The smallest absolute Gasteiger partial charge is 0.255 e. The van der Waals surface area contributed by atoms with Gasteiger partial charge in [-0.25, -0.2) is 4.39 Å². The molecular formula is C19H18ClFN2O2. The molecule has 3 rings (SSSR count). The summed E-state index contributed by atoms with van der Waals surface area (Å²) in [6.45, 7) is 4.17. The van der Waals surface area contributed by atoms with Crippen molar-refractivity contribution in [2.75, 3.05) is 5.32 Å². The van der Waals surface area contributed by atoms with Gasteiger partial charge in [0.05, 0.1) is 5.02 Å². The molecule has 2 amide bonds. The number of halogens is 2. The van der Waals surface area contributed by atoms with Gasteiger partial charge < -0.3 is 10.2 Å². The fourth-order valence-corrected chi connectivity index (χ4v) is 3.28. The summed E-state index contributed by atoms with van der Waals surface area (Å²) in [6, 6.07) is 10.7. The van der Waals surface area contributed by atoms with E-state index in [4.69, 9.17) is 11.6 Å². The minimum atomic E-state index is -0.635. The zero-order valence-corrected chi connectivity index (χ0v) is 14.7. The number of carbonyl (C=O) groups excluding carboxylic acids is 2. The topological polar surface area (TPSA) is 49.4 Å². The van der Waals surface area contributed by atoms with Crippen molar-refractivity contribution in [2.45, 2.75) is 26.4 Å². The second-order valence-corrected chi connectivity index (χ2v) is 6.80. The number of benzene rings is 2. The van der Waals surface area contributed by atoms with Crippen LogP contribution in [0, 0.1) is 11.7 Å². The van der Waals surface area contributed by atoms with Gasteiger partial charge in [-0.15, -0.1) is 0 Å². The van der Waals surface area contributed by atoms with E-state index in [0.29, 0.717) is 17.8 Å². The predicted octanol–water partition coefficient (Wildman–Crippen LogP) is 4.10. The van der Waals surface area contributed by atoms with Gasteiger partial charge in [0.25, 0.3) is 5.91 Å². The number of nitrogens with zero attached hydrogens (tertiary/aromatic N) is 1. The molecule has 25 heavy (non-hydrogen) atoms. The van der Waals surface area contributed by atoms with E-state index in [1.165, 1.54) is 18.2 Å². The maximum Gasteiger partial charge on any atom is 0.255 e. The molecule has 0 radical (unpaired) electrons. The summed E-state index contributed by atoms with van der Waals surface area (Å²) in [7, 11) is 0. The SMILES string of the molecule is CC(C)[C@@H](C(=O)Nc1ccc(F)c(Cl)c1)N1Cc2ccccc2C1=O. The van der Waals surface area contributed by atoms with Gasteiger partial charge in [-0.05, 0) is 35.7 Å². The highest BCUT2D eigenvalue weighted by atomic mass is 35.5. The first kappa shape index (κ1) is 17.4. The molecule has 1 aliphatic heterocycles. The summed E-state index contributed by atoms with van der Waals surface area (Å²) in [4.78, 5) is 27.0. The fraction of sp³-hybridized carbons (Fsp3) is 0.263. The second-order valence-electron chi connectivity index (χ2n) is 6.40. The van der Waals surface area contributed by atoms with Crippen LogP contribution in [0.1, 0.15) is 29.8 Å². The van der Waals surface area contributed by atoms with Crippen molar-refractivity contribution >= 4 is 29.1 Å². The number of rotatable bonds is 4. The molecular weight excluding hydrogens is 343 g/mol. The highest BCUT2D eigenvalue weighted by Crippen LogP contribution is 2.28. The molecule has 0 aliphatic carbocycles. The van der Waals surface area contributed by atoms with E-state index in [0.717, 1.165) is 5.56 Å². The summed E-state index contributed by atoms with van der Waals surface area (Å²) in [5.74, 6) is -1.11. The van der Waals surface area contributed by atoms with Gasteiger partial charge in [0.1, 0.15) is 11.9 Å². The molecule has 0 spiro atoms. The fourth-order valence-electron chi connectivity index (χ4n) is 3.10. The van der Waals surface area contributed by atoms with Crippen LogP contribution in [-0.2, 0) is 11.3 Å². The van der Waals surface area contributed by atoms with Crippen LogP contribution in [0.3, 0.4) is 0 Å². The Morgan fingerprint density at radius 1 is 1.24 bits per heavy atom. The number of hydrogen-bond acceptors (Lipinski definition) is 2. The lowest BCUT2D eigenvalue weighted by molar-refractivity contribution is -0.122. The Hall–Kier alpha value is -2.40. The molecule has 0 unspecified atom stereocenters. The Kier molecular flexibility index (Phi) is 4.77. The third-order valence-corrected chi connectivity index (χ3v) is 4.56. The van der Waals surface area contributed by atoms with Crippen LogP contribution in [-0.4, -0.2) is 22.8 Å². The second kappa shape index (κ2) is 6.84. The summed E-state index contributed by atoms with van der Waals surface area (Å²) in [5, 5.41) is 2.67. The molecule has 0 aromatic heterocycles. The van der Waals surface area contributed by atoms with Crippen molar-refractivity contribution in [2.24, 2.45) is 5.92 Å². The Morgan fingerprint density at radius 3 is 2.60 bits per heavy atom. The molecule has 6 heteroatoms. The normalized spacial score (nSPS) is 14.6. The maximum absolute atomic E-state index is 13.3. The summed E-state index contributed by atoms with van der Waals surface area (Å²) >= 11 is 5.76. The van der Waals surface area contributed by atoms with E-state index in [1.807, 2.05) is 32.0 Å². The summed E-state index contributed by atoms with van der Waals surface area (Å²) in [5.41, 5.74) is 1.94. The van der Waals surface area contributed by atoms with E-state index < -0.39 is 11.9 Å². The van der Waals surface area contributed by atoms with Crippen molar-refractivity contribution in [1.82, 2.24) is 4.90 Å². The highest BCUT2D eigenvalue weighted by molar-refractivity contribution is 6.31. The lowest BCUT2D eigenvalue weighted by Crippen LogP contribution is -2.47. The maximum atomic E-state index is 13.3. The first-order valence-electron chi connectivity index (χ1n) is 8.03. The van der Waals surface area contributed by atoms with E-state index in [2.05, 4.69) is 5.32 Å². The minimum absolute atomic E-state index is 0.0662. The zero-order valence-electron chi connectivity index (χ0n) is 13.9. The first-order valence-corrected chi connectivity index (χ1v) is 8.41. The van der Waals surface area contributed by atoms with E-state index in [-0.39, 0.29) is 22.8 Å². The van der Waals surface area contributed by atoms with Crippen molar-refractivity contribution in [1.29, 1.82) is 0 Å². The van der Waals surface area contributed by atoms with E-state index in [1.54, 1.807) is 11.0 Å². The van der Waals surface area contributed by atoms with Crippen molar-refractivity contribution < 1.29 is 14.0 Å². The third-order valence-electron chi connectivity index (χ3n) is 4.27. The van der Waals surface area contributed by atoms with Gasteiger partial charge in [0.2, 0.25) is 5.91 Å². The van der Waals surface area contributed by atoms with Gasteiger partial charge in [0.15, 0.2) is 0 Å². The molecule has 1 aliphatic rings. The van der Waals surface area contributed by atoms with Crippen LogP contribution in [0.2, 0.25) is 5.02 Å². The summed E-state index contributed by atoms with van der Waals surface area (Å²) < 4.78 is 13.3. The summed E-state index contributed by atoms with van der Waals surface area (Å²) in [6.07, 6.45) is 0. The molecule has 0 fully saturated rings. The van der Waals surface area contributed by atoms with Crippen LogP contribution in [0.4, 0.5) is 10.1 Å². The molecule has 130 valence electrons. The lowest BCUT2D eigenvalue weighted by atomic mass is 10.0. The molecule has 1 atom stereocenters. The number of anilines is 1. The monoisotopic (exact) mass is 360 g/mol. The molecule has 0 saturated heterocycles. The number of nitrogens with one attached hydrogen (secondary N) is 1. The standard InChI is InChI=1S/C19H18ClFN2O2/c1-11(2)17(18(24)22-13-7-8-16(21)15(20)9-13)23-10-12-5-3-4-6-14(12)19(23)25/h3-9,11,17H,10H2,1-2H3,(H,22,24)/t17-/m0/s1. The number of fused-ring (bicyclic) bond motifs is 1. The molecule has 4 nitrogen and oxygen atoms in total. The Morgan fingerprint density at radius 2 is 1.96 bits per heavy atom. The molecule has 0 bridgehead atoms. The van der Waals surface area contributed by atoms with Crippen LogP contribution in [0.15, 0.2) is 42.5 Å². The molecule has 1 heterocycles. The van der Waals surface area contributed by atoms with Crippen molar-refractivity contribution in [3.8, 4) is 0 Å². The van der Waals surface area contributed by atoms with Crippen LogP contribution >= 0.6 is 11.6 Å².